The molecule has 1 aliphatic rings. The number of nitro groups is 1. The number of non-ortho nitro benzene ring substituents is 1. The van der Waals surface area contributed by atoms with Gasteiger partial charge in [0.1, 0.15) is 6.26 Å². The Morgan fingerprint density at radius 1 is 1.29 bits per heavy atom. The number of hydrogen-bond acceptors (Lipinski definition) is 6. The number of carbonyl (C=O) groups excluding carboxylic acids is 1. The highest BCUT2D eigenvalue weighted by Gasteiger charge is 2.29. The van der Waals surface area contributed by atoms with Crippen molar-refractivity contribution in [3.05, 3.63) is 57.5 Å². The highest BCUT2D eigenvalue weighted by Crippen LogP contribution is 2.26. The van der Waals surface area contributed by atoms with Crippen LogP contribution in [0.1, 0.15) is 34.3 Å². The molecule has 0 atom stereocenters. The van der Waals surface area contributed by atoms with Crippen molar-refractivity contribution in [1.29, 1.82) is 0 Å². The first kappa shape index (κ1) is 20.0. The van der Waals surface area contributed by atoms with Crippen LogP contribution in [-0.4, -0.2) is 43.3 Å². The van der Waals surface area contributed by atoms with E-state index in [4.69, 9.17) is 4.42 Å². The van der Waals surface area contributed by atoms with Crippen molar-refractivity contribution in [3.63, 3.8) is 0 Å². The molecule has 1 aliphatic heterocycles. The number of hydrogen-bond donors (Lipinski definition) is 1. The molecule has 1 aromatic carbocycles. The molecule has 1 fully saturated rings. The molecule has 28 heavy (non-hydrogen) atoms. The summed E-state index contributed by atoms with van der Waals surface area (Å²) in [6.45, 7) is 4.08. The monoisotopic (exact) mass is 407 g/mol. The molecule has 2 heterocycles. The van der Waals surface area contributed by atoms with Crippen LogP contribution in [0.25, 0.3) is 0 Å². The van der Waals surface area contributed by atoms with E-state index in [0.717, 1.165) is 6.07 Å². The summed E-state index contributed by atoms with van der Waals surface area (Å²) in [5.74, 6) is -0.153. The second kappa shape index (κ2) is 7.72. The summed E-state index contributed by atoms with van der Waals surface area (Å²) < 4.78 is 33.2. The van der Waals surface area contributed by atoms with Crippen molar-refractivity contribution in [2.75, 3.05) is 13.1 Å². The maximum atomic E-state index is 12.8. The van der Waals surface area contributed by atoms with Crippen LogP contribution >= 0.6 is 0 Å². The lowest BCUT2D eigenvalue weighted by atomic mass is 10.1. The number of carbonyl (C=O) groups is 1. The zero-order valence-corrected chi connectivity index (χ0v) is 16.4. The predicted molar refractivity (Wildman–Crippen MR) is 101 cm³/mol. The summed E-state index contributed by atoms with van der Waals surface area (Å²) in [6, 6.07) is 3.68. The van der Waals surface area contributed by atoms with Gasteiger partial charge in [-0.3, -0.25) is 14.9 Å². The lowest BCUT2D eigenvalue weighted by molar-refractivity contribution is -0.385. The molecule has 0 unspecified atom stereocenters. The first-order valence-corrected chi connectivity index (χ1v) is 10.3. The van der Waals surface area contributed by atoms with Gasteiger partial charge >= 0.3 is 0 Å². The van der Waals surface area contributed by atoms with Crippen molar-refractivity contribution < 1.29 is 22.6 Å². The predicted octanol–water partition coefficient (Wildman–Crippen LogP) is 2.39. The lowest BCUT2D eigenvalue weighted by Gasteiger charge is -2.32. The molecule has 0 bridgehead atoms. The minimum Gasteiger partial charge on any atom is -0.472 e. The van der Waals surface area contributed by atoms with Crippen molar-refractivity contribution in [3.8, 4) is 0 Å². The molecule has 1 amide bonds. The van der Waals surface area contributed by atoms with Crippen LogP contribution in [0.2, 0.25) is 0 Å². The highest BCUT2D eigenvalue weighted by atomic mass is 32.2. The molecule has 1 N–H and O–H groups in total. The summed E-state index contributed by atoms with van der Waals surface area (Å²) in [5.41, 5.74) is 1.21. The Bertz CT molecular complexity index is 993. The molecule has 0 aliphatic carbocycles. The zero-order valence-electron chi connectivity index (χ0n) is 15.5. The van der Waals surface area contributed by atoms with E-state index < -0.39 is 14.9 Å². The Labute approximate surface area is 162 Å². The average Bonchev–Trinajstić information content (AvgIpc) is 3.18. The summed E-state index contributed by atoms with van der Waals surface area (Å²) in [6.07, 6.45) is 3.72. The fourth-order valence-electron chi connectivity index (χ4n) is 3.25. The van der Waals surface area contributed by atoms with Crippen LogP contribution in [0.4, 0.5) is 5.69 Å². The number of nitrogens with zero attached hydrogens (tertiary/aromatic N) is 2. The van der Waals surface area contributed by atoms with E-state index in [1.165, 1.54) is 18.6 Å². The van der Waals surface area contributed by atoms with Crippen LogP contribution in [0.5, 0.6) is 0 Å². The quantitative estimate of drug-likeness (QED) is 0.600. The van der Waals surface area contributed by atoms with Crippen LogP contribution in [0, 0.1) is 24.0 Å². The van der Waals surface area contributed by atoms with E-state index in [0.29, 0.717) is 42.6 Å². The van der Waals surface area contributed by atoms with Crippen LogP contribution in [0.15, 0.2) is 40.0 Å². The number of likely N-dealkylation sites (tertiary alicyclic amines) is 1. The Morgan fingerprint density at radius 2 is 1.96 bits per heavy atom. The zero-order chi connectivity index (χ0) is 20.5. The molecule has 1 aromatic heterocycles. The van der Waals surface area contributed by atoms with Gasteiger partial charge in [-0.1, -0.05) is 0 Å². The lowest BCUT2D eigenvalue weighted by Crippen LogP contribution is -2.46. The third-order valence-corrected chi connectivity index (χ3v) is 6.62. The number of amides is 1. The number of aryl methyl sites for hydroxylation is 1. The Morgan fingerprint density at radius 3 is 2.54 bits per heavy atom. The molecule has 9 nitrogen and oxygen atoms in total. The highest BCUT2D eigenvalue weighted by molar-refractivity contribution is 7.89. The third kappa shape index (κ3) is 4.07. The van der Waals surface area contributed by atoms with E-state index >= 15 is 0 Å². The normalized spacial score (nSPS) is 15.6. The number of benzene rings is 1. The van der Waals surface area contributed by atoms with Gasteiger partial charge in [-0.2, -0.15) is 0 Å². The molecule has 150 valence electrons. The summed E-state index contributed by atoms with van der Waals surface area (Å²) in [7, 11) is -3.92. The van der Waals surface area contributed by atoms with Gasteiger partial charge in [0.2, 0.25) is 10.0 Å². The second-order valence-corrected chi connectivity index (χ2v) is 8.53. The van der Waals surface area contributed by atoms with E-state index in [1.54, 1.807) is 24.8 Å². The molecule has 0 radical (unpaired) electrons. The largest absolute Gasteiger partial charge is 0.472 e. The van der Waals surface area contributed by atoms with Gasteiger partial charge in [0.15, 0.2) is 0 Å². The number of sulfonamides is 1. The number of rotatable bonds is 5. The molecule has 3 rings (SSSR count). The van der Waals surface area contributed by atoms with E-state index in [1.807, 2.05) is 0 Å². The minimum absolute atomic E-state index is 0.0869. The fourth-order valence-corrected chi connectivity index (χ4v) is 4.89. The molecule has 1 saturated heterocycles. The van der Waals surface area contributed by atoms with Crippen molar-refractivity contribution in [2.24, 2.45) is 0 Å². The molecule has 0 spiro atoms. The Balaban J connectivity index is 1.71. The number of nitrogens with one attached hydrogen (secondary N) is 1. The maximum Gasteiger partial charge on any atom is 0.271 e. The van der Waals surface area contributed by atoms with Gasteiger partial charge < -0.3 is 9.32 Å². The third-order valence-electron chi connectivity index (χ3n) is 4.98. The smallest absolute Gasteiger partial charge is 0.271 e. The van der Waals surface area contributed by atoms with Gasteiger partial charge in [-0.25, -0.2) is 13.1 Å². The van der Waals surface area contributed by atoms with E-state index in [9.17, 15) is 23.3 Å². The van der Waals surface area contributed by atoms with Gasteiger partial charge in [0.05, 0.1) is 21.6 Å². The molecule has 10 heteroatoms. The Kier molecular flexibility index (Phi) is 5.52. The minimum atomic E-state index is -3.92. The number of furan rings is 1. The van der Waals surface area contributed by atoms with Gasteiger partial charge in [0, 0.05) is 31.3 Å². The topological polar surface area (TPSA) is 123 Å². The van der Waals surface area contributed by atoms with Crippen LogP contribution < -0.4 is 4.72 Å². The van der Waals surface area contributed by atoms with E-state index in [-0.39, 0.29) is 22.5 Å². The first-order chi connectivity index (χ1) is 13.2. The van der Waals surface area contributed by atoms with Gasteiger partial charge in [-0.05, 0) is 43.9 Å². The summed E-state index contributed by atoms with van der Waals surface area (Å²) in [5, 5.41) is 11.1. The van der Waals surface area contributed by atoms with Crippen molar-refractivity contribution >= 4 is 21.6 Å². The van der Waals surface area contributed by atoms with Crippen molar-refractivity contribution in [1.82, 2.24) is 9.62 Å². The van der Waals surface area contributed by atoms with Crippen LogP contribution in [0.3, 0.4) is 0 Å². The Hall–Kier alpha value is -2.72. The number of piperidine rings is 1. The van der Waals surface area contributed by atoms with Crippen LogP contribution in [-0.2, 0) is 10.0 Å². The van der Waals surface area contributed by atoms with Gasteiger partial charge in [-0.15, -0.1) is 0 Å². The molecular formula is C18H21N3O6S. The summed E-state index contributed by atoms with van der Waals surface area (Å²) >= 11 is 0. The maximum absolute atomic E-state index is 12.8. The average molecular weight is 407 g/mol. The summed E-state index contributed by atoms with van der Waals surface area (Å²) in [4.78, 5) is 24.4. The van der Waals surface area contributed by atoms with Crippen molar-refractivity contribution in [2.45, 2.75) is 37.6 Å². The molecule has 0 saturated carbocycles. The second-order valence-electron chi connectivity index (χ2n) is 6.84. The SMILES string of the molecule is Cc1cc([N+](=O)[O-])cc(S(=O)(=O)NC2CCN(C(=O)c3ccoc3)CC2)c1C. The number of nitro benzene ring substituents is 1. The molecular weight excluding hydrogens is 386 g/mol. The standard InChI is InChI=1S/C18H21N3O6S/c1-12-9-16(21(23)24)10-17(13(12)2)28(25,26)19-15-3-6-20(7-4-15)18(22)14-5-8-27-11-14/h5,8-11,15,19H,3-4,6-7H2,1-2H3. The molecule has 2 aromatic rings. The first-order valence-electron chi connectivity index (χ1n) is 8.78. The van der Waals surface area contributed by atoms with Gasteiger partial charge in [0.25, 0.3) is 11.6 Å². The fraction of sp³-hybridized carbons (Fsp3) is 0.389. The van der Waals surface area contributed by atoms with E-state index in [2.05, 4.69) is 4.72 Å².